The molecule has 1 N–H and O–H groups in total. The quantitative estimate of drug-likeness (QED) is 0.303. The smallest absolute Gasteiger partial charge is 0.240 e. The molecule has 0 spiro atoms. The van der Waals surface area contributed by atoms with Gasteiger partial charge in [-0.25, -0.2) is 4.68 Å². The van der Waals surface area contributed by atoms with E-state index in [9.17, 15) is 9.59 Å². The third kappa shape index (κ3) is 5.28. The zero-order chi connectivity index (χ0) is 26.8. The topological polar surface area (TPSA) is 67.2 Å². The summed E-state index contributed by atoms with van der Waals surface area (Å²) in [5.74, 6) is 0.991. The number of carbonyl (C=O) groups is 2. The van der Waals surface area contributed by atoms with Gasteiger partial charge in [0.15, 0.2) is 0 Å². The number of hydrogen-bond acceptors (Lipinski definition) is 5. The lowest BCUT2D eigenvalue weighted by atomic mass is 10.0. The van der Waals surface area contributed by atoms with Gasteiger partial charge in [-0.1, -0.05) is 67.9 Å². The maximum atomic E-state index is 13.7. The fourth-order valence-corrected chi connectivity index (χ4v) is 6.90. The number of aromatic nitrogens is 2. The number of nitrogens with zero attached hydrogens (tertiary/aromatic N) is 3. The molecule has 2 aromatic carbocycles. The van der Waals surface area contributed by atoms with Crippen LogP contribution in [0, 0.1) is 19.8 Å². The van der Waals surface area contributed by atoms with Crippen LogP contribution in [0.25, 0.3) is 16.9 Å². The largest absolute Gasteiger partial charge is 0.354 e. The maximum absolute atomic E-state index is 13.7. The number of amides is 2. The van der Waals surface area contributed by atoms with Crippen molar-refractivity contribution in [2.45, 2.75) is 32.9 Å². The molecule has 2 aromatic heterocycles. The second-order valence-corrected chi connectivity index (χ2v) is 12.1. The number of thioether (sulfide) groups is 1. The van der Waals surface area contributed by atoms with Gasteiger partial charge in [-0.15, -0.1) is 23.1 Å². The standard InChI is InChI=1S/C30H32N4O2S2/c1-19(2)16-31-25(35)17-33-26(36)18-38-29(24-11-8-14-37-24)27-28(22-9-6-5-7-10-22)32-34(30(27)33)23-13-12-20(3)15-21(23)4/h5-15,19,29H,16-18H2,1-4H3,(H,31,35)/t29-/m1/s1. The number of carbonyl (C=O) groups excluding carboxylic acids is 2. The number of thiophene rings is 1. The minimum atomic E-state index is -0.174. The summed E-state index contributed by atoms with van der Waals surface area (Å²) in [6.45, 7) is 8.74. The molecule has 4 aromatic rings. The molecule has 2 amide bonds. The minimum Gasteiger partial charge on any atom is -0.354 e. The summed E-state index contributed by atoms with van der Waals surface area (Å²) >= 11 is 3.28. The van der Waals surface area contributed by atoms with Gasteiger partial charge >= 0.3 is 0 Å². The normalized spacial score (nSPS) is 15.4. The summed E-state index contributed by atoms with van der Waals surface area (Å²) in [6, 6.07) is 20.5. The molecule has 8 heteroatoms. The fraction of sp³-hybridized carbons (Fsp3) is 0.300. The van der Waals surface area contributed by atoms with Crippen molar-refractivity contribution in [3.63, 3.8) is 0 Å². The Kier molecular flexibility index (Phi) is 7.72. The van der Waals surface area contributed by atoms with Crippen LogP contribution in [0.3, 0.4) is 0 Å². The van der Waals surface area contributed by atoms with Gasteiger partial charge in [0.1, 0.15) is 12.4 Å². The predicted molar refractivity (Wildman–Crippen MR) is 157 cm³/mol. The number of rotatable bonds is 7. The van der Waals surface area contributed by atoms with Crippen LogP contribution >= 0.6 is 23.1 Å². The van der Waals surface area contributed by atoms with Crippen molar-refractivity contribution in [3.05, 3.63) is 87.6 Å². The van der Waals surface area contributed by atoms with Crippen LogP contribution in [-0.4, -0.2) is 40.4 Å². The first-order valence-electron chi connectivity index (χ1n) is 12.8. The average Bonchev–Trinajstić information content (AvgIpc) is 3.53. The molecular weight excluding hydrogens is 512 g/mol. The molecule has 6 nitrogen and oxygen atoms in total. The SMILES string of the molecule is Cc1ccc(-n2nc(-c3ccccc3)c3c2N(CC(=O)NCC(C)C)C(=O)CS[C@@H]3c2cccs2)c(C)c1. The summed E-state index contributed by atoms with van der Waals surface area (Å²) in [5, 5.41) is 10.1. The van der Waals surface area contributed by atoms with Gasteiger partial charge in [-0.3, -0.25) is 14.5 Å². The first-order chi connectivity index (χ1) is 18.3. The molecule has 196 valence electrons. The van der Waals surface area contributed by atoms with E-state index in [4.69, 9.17) is 5.10 Å². The van der Waals surface area contributed by atoms with Gasteiger partial charge in [-0.2, -0.15) is 5.10 Å². The number of benzene rings is 2. The Hall–Kier alpha value is -3.36. The highest BCUT2D eigenvalue weighted by Crippen LogP contribution is 2.49. The highest BCUT2D eigenvalue weighted by molar-refractivity contribution is 8.00. The van der Waals surface area contributed by atoms with E-state index >= 15 is 0 Å². The van der Waals surface area contributed by atoms with E-state index in [-0.39, 0.29) is 29.4 Å². The van der Waals surface area contributed by atoms with Crippen molar-refractivity contribution in [2.75, 3.05) is 23.7 Å². The second kappa shape index (κ2) is 11.2. The first-order valence-corrected chi connectivity index (χ1v) is 14.7. The molecule has 3 heterocycles. The number of hydrogen-bond donors (Lipinski definition) is 1. The summed E-state index contributed by atoms with van der Waals surface area (Å²) < 4.78 is 1.88. The van der Waals surface area contributed by atoms with E-state index in [0.29, 0.717) is 18.3 Å². The van der Waals surface area contributed by atoms with Gasteiger partial charge in [0.05, 0.1) is 22.4 Å². The molecular formula is C30H32N4O2S2. The lowest BCUT2D eigenvalue weighted by Gasteiger charge is -2.24. The van der Waals surface area contributed by atoms with E-state index in [0.717, 1.165) is 38.5 Å². The van der Waals surface area contributed by atoms with Crippen molar-refractivity contribution in [1.82, 2.24) is 15.1 Å². The van der Waals surface area contributed by atoms with E-state index in [1.807, 2.05) is 35.0 Å². The molecule has 1 aliphatic rings. The Balaban J connectivity index is 1.77. The number of nitrogens with one attached hydrogen (secondary N) is 1. The zero-order valence-electron chi connectivity index (χ0n) is 22.1. The molecule has 1 atom stereocenters. The minimum absolute atomic E-state index is 0.0545. The Morgan fingerprint density at radius 2 is 1.89 bits per heavy atom. The average molecular weight is 545 g/mol. The fourth-order valence-electron chi connectivity index (χ4n) is 4.72. The predicted octanol–water partition coefficient (Wildman–Crippen LogP) is 6.16. The van der Waals surface area contributed by atoms with Crippen molar-refractivity contribution in [3.8, 4) is 16.9 Å². The monoisotopic (exact) mass is 544 g/mol. The first kappa shape index (κ1) is 26.3. The molecule has 0 radical (unpaired) electrons. The van der Waals surface area contributed by atoms with Crippen LogP contribution in [0.2, 0.25) is 0 Å². The molecule has 0 saturated heterocycles. The lowest BCUT2D eigenvalue weighted by Crippen LogP contribution is -2.43. The van der Waals surface area contributed by atoms with E-state index < -0.39 is 0 Å². The van der Waals surface area contributed by atoms with Crippen LogP contribution in [0.4, 0.5) is 5.82 Å². The number of anilines is 1. The van der Waals surface area contributed by atoms with Gasteiger partial charge < -0.3 is 5.32 Å². The van der Waals surface area contributed by atoms with Crippen LogP contribution < -0.4 is 10.2 Å². The summed E-state index contributed by atoms with van der Waals surface area (Å²) in [4.78, 5) is 29.6. The van der Waals surface area contributed by atoms with E-state index in [1.54, 1.807) is 28.0 Å². The Bertz CT molecular complexity index is 1440. The lowest BCUT2D eigenvalue weighted by molar-refractivity contribution is -0.123. The third-order valence-corrected chi connectivity index (χ3v) is 8.85. The van der Waals surface area contributed by atoms with E-state index in [2.05, 4.69) is 68.7 Å². The summed E-state index contributed by atoms with van der Waals surface area (Å²) in [7, 11) is 0. The highest BCUT2D eigenvalue weighted by atomic mass is 32.2. The van der Waals surface area contributed by atoms with Gasteiger partial charge in [0, 0.05) is 22.5 Å². The molecule has 38 heavy (non-hydrogen) atoms. The molecule has 0 saturated carbocycles. The van der Waals surface area contributed by atoms with Gasteiger partial charge in [0.25, 0.3) is 0 Å². The van der Waals surface area contributed by atoms with Crippen molar-refractivity contribution in [2.24, 2.45) is 5.92 Å². The number of aryl methyl sites for hydroxylation is 2. The maximum Gasteiger partial charge on any atom is 0.240 e. The van der Waals surface area contributed by atoms with E-state index in [1.165, 1.54) is 0 Å². The van der Waals surface area contributed by atoms with Crippen LogP contribution in [0.5, 0.6) is 0 Å². The molecule has 0 unspecified atom stereocenters. The molecule has 0 bridgehead atoms. The van der Waals surface area contributed by atoms with Crippen molar-refractivity contribution < 1.29 is 9.59 Å². The molecule has 0 fully saturated rings. The summed E-state index contributed by atoms with van der Waals surface area (Å²) in [6.07, 6.45) is 0. The Morgan fingerprint density at radius 3 is 2.58 bits per heavy atom. The van der Waals surface area contributed by atoms with Crippen molar-refractivity contribution >= 4 is 40.7 Å². The van der Waals surface area contributed by atoms with Crippen molar-refractivity contribution in [1.29, 1.82) is 0 Å². The number of fused-ring (bicyclic) bond motifs is 1. The van der Waals surface area contributed by atoms with Gasteiger partial charge in [0.2, 0.25) is 11.8 Å². The zero-order valence-corrected chi connectivity index (χ0v) is 23.7. The highest BCUT2D eigenvalue weighted by Gasteiger charge is 2.38. The van der Waals surface area contributed by atoms with Crippen LogP contribution in [0.1, 0.15) is 40.7 Å². The van der Waals surface area contributed by atoms with Crippen LogP contribution in [-0.2, 0) is 9.59 Å². The Labute approximate surface area is 232 Å². The molecule has 1 aliphatic heterocycles. The summed E-state index contributed by atoms with van der Waals surface area (Å²) in [5.41, 5.74) is 5.87. The molecule has 5 rings (SSSR count). The molecule has 0 aliphatic carbocycles. The van der Waals surface area contributed by atoms with Crippen LogP contribution in [0.15, 0.2) is 66.0 Å². The van der Waals surface area contributed by atoms with Gasteiger partial charge in [-0.05, 0) is 42.8 Å². The Morgan fingerprint density at radius 1 is 1.11 bits per heavy atom. The third-order valence-electron chi connectivity index (χ3n) is 6.53. The second-order valence-electron chi connectivity index (χ2n) is 10.0.